The van der Waals surface area contributed by atoms with Crippen LogP contribution in [0, 0.1) is 0 Å². The summed E-state index contributed by atoms with van der Waals surface area (Å²) in [4.78, 5) is 1.60. The van der Waals surface area contributed by atoms with Gasteiger partial charge in [0.2, 0.25) is 0 Å². The molecule has 0 aromatic heterocycles. The molecule has 1 aliphatic heterocycles. The number of methoxy groups -OCH3 is 2. The molecule has 136 valence electrons. The van der Waals surface area contributed by atoms with Gasteiger partial charge in [-0.3, -0.25) is 0 Å². The Morgan fingerprint density at radius 1 is 0.778 bits per heavy atom. The van der Waals surface area contributed by atoms with Crippen LogP contribution < -0.4 is 14.4 Å². The Labute approximate surface area is 160 Å². The molecule has 27 heavy (non-hydrogen) atoms. The smallest absolute Gasteiger partial charge is 0.161 e. The van der Waals surface area contributed by atoms with Crippen molar-refractivity contribution in [3.05, 3.63) is 82.9 Å². The van der Waals surface area contributed by atoms with Crippen LogP contribution in [0.15, 0.2) is 60.7 Å². The molecule has 3 aromatic carbocycles. The summed E-state index contributed by atoms with van der Waals surface area (Å²) in [5, 5.41) is 0. The largest absolute Gasteiger partial charge is 0.493 e. The van der Waals surface area contributed by atoms with E-state index in [9.17, 15) is 0 Å². The fourth-order valence-electron chi connectivity index (χ4n) is 4.83. The third-order valence-electron chi connectivity index (χ3n) is 6.08. The fourth-order valence-corrected chi connectivity index (χ4v) is 4.83. The number of fused-ring (bicyclic) bond motifs is 4. The summed E-state index contributed by atoms with van der Waals surface area (Å²) in [5.41, 5.74) is 8.45. The Bertz CT molecular complexity index is 966. The van der Waals surface area contributed by atoms with E-state index >= 15 is 0 Å². The molecule has 0 spiro atoms. The van der Waals surface area contributed by atoms with Gasteiger partial charge in [-0.15, -0.1) is 0 Å². The SMILES string of the molecule is COc1cc2c(cc1OC)C[NH+](C1c3ccccc3-c3ccccc31)CC2. The van der Waals surface area contributed by atoms with E-state index in [1.54, 1.807) is 19.1 Å². The molecule has 1 unspecified atom stereocenters. The van der Waals surface area contributed by atoms with Crippen LogP contribution in [-0.4, -0.2) is 20.8 Å². The third kappa shape index (κ3) is 2.54. The van der Waals surface area contributed by atoms with Gasteiger partial charge in [0.25, 0.3) is 0 Å². The summed E-state index contributed by atoms with van der Waals surface area (Å²) in [6.07, 6.45) is 1.06. The molecule has 0 bridgehead atoms. The minimum absolute atomic E-state index is 0.402. The van der Waals surface area contributed by atoms with Crippen molar-refractivity contribution in [1.29, 1.82) is 0 Å². The summed E-state index contributed by atoms with van der Waals surface area (Å²) < 4.78 is 11.0. The molecular weight excluding hydrogens is 334 g/mol. The molecule has 3 heteroatoms. The zero-order chi connectivity index (χ0) is 18.4. The molecule has 3 nitrogen and oxygen atoms in total. The van der Waals surface area contributed by atoms with Gasteiger partial charge in [0.05, 0.1) is 20.8 Å². The van der Waals surface area contributed by atoms with Crippen molar-refractivity contribution in [2.45, 2.75) is 19.0 Å². The molecule has 2 aliphatic rings. The number of benzene rings is 3. The van der Waals surface area contributed by atoms with E-state index in [1.165, 1.54) is 33.4 Å². The molecule has 0 saturated carbocycles. The quantitative estimate of drug-likeness (QED) is 0.775. The van der Waals surface area contributed by atoms with Gasteiger partial charge >= 0.3 is 0 Å². The zero-order valence-electron chi connectivity index (χ0n) is 15.8. The van der Waals surface area contributed by atoms with Crippen molar-refractivity contribution in [2.24, 2.45) is 0 Å². The monoisotopic (exact) mass is 358 g/mol. The molecule has 0 amide bonds. The highest BCUT2D eigenvalue weighted by Crippen LogP contribution is 2.42. The number of quaternary nitrogens is 1. The van der Waals surface area contributed by atoms with E-state index in [0.717, 1.165) is 31.0 Å². The normalized spacial score (nSPS) is 17.8. The second kappa shape index (κ2) is 6.43. The Kier molecular flexibility index (Phi) is 3.91. The van der Waals surface area contributed by atoms with Crippen LogP contribution in [0.1, 0.15) is 28.3 Å². The third-order valence-corrected chi connectivity index (χ3v) is 6.08. The molecule has 3 aromatic rings. The molecule has 0 fully saturated rings. The molecule has 0 radical (unpaired) electrons. The zero-order valence-corrected chi connectivity index (χ0v) is 15.8. The van der Waals surface area contributed by atoms with E-state index in [-0.39, 0.29) is 0 Å². The lowest BCUT2D eigenvalue weighted by Crippen LogP contribution is -3.12. The van der Waals surface area contributed by atoms with Gasteiger partial charge in [0.15, 0.2) is 11.5 Å². The summed E-state index contributed by atoms with van der Waals surface area (Å²) >= 11 is 0. The van der Waals surface area contributed by atoms with Crippen LogP contribution in [0.25, 0.3) is 11.1 Å². The number of ether oxygens (including phenoxy) is 2. The Hall–Kier alpha value is -2.78. The topological polar surface area (TPSA) is 22.9 Å². The van der Waals surface area contributed by atoms with E-state index in [2.05, 4.69) is 60.7 Å². The first kappa shape index (κ1) is 16.4. The number of hydrogen-bond donors (Lipinski definition) is 1. The average Bonchev–Trinajstić information content (AvgIpc) is 3.07. The van der Waals surface area contributed by atoms with Gasteiger partial charge < -0.3 is 14.4 Å². The van der Waals surface area contributed by atoms with Crippen molar-refractivity contribution < 1.29 is 14.4 Å². The van der Waals surface area contributed by atoms with E-state index in [0.29, 0.717) is 6.04 Å². The Morgan fingerprint density at radius 3 is 1.93 bits per heavy atom. The van der Waals surface area contributed by atoms with Crippen LogP contribution >= 0.6 is 0 Å². The summed E-state index contributed by atoms with van der Waals surface area (Å²) in [5.74, 6) is 1.65. The van der Waals surface area contributed by atoms with Crippen molar-refractivity contribution in [2.75, 3.05) is 20.8 Å². The van der Waals surface area contributed by atoms with Crippen molar-refractivity contribution in [3.63, 3.8) is 0 Å². The van der Waals surface area contributed by atoms with Gasteiger partial charge in [-0.1, -0.05) is 48.5 Å². The van der Waals surface area contributed by atoms with Crippen LogP contribution in [0.4, 0.5) is 0 Å². The maximum Gasteiger partial charge on any atom is 0.161 e. The number of rotatable bonds is 3. The highest BCUT2D eigenvalue weighted by Gasteiger charge is 2.37. The lowest BCUT2D eigenvalue weighted by atomic mass is 9.95. The first-order valence-corrected chi connectivity index (χ1v) is 9.56. The minimum Gasteiger partial charge on any atom is -0.493 e. The highest BCUT2D eigenvalue weighted by atomic mass is 16.5. The molecule has 1 heterocycles. The summed E-state index contributed by atoms with van der Waals surface area (Å²) in [7, 11) is 3.41. The first-order chi connectivity index (χ1) is 13.3. The van der Waals surface area contributed by atoms with Gasteiger partial charge in [0, 0.05) is 23.1 Å². The predicted molar refractivity (Wildman–Crippen MR) is 107 cm³/mol. The van der Waals surface area contributed by atoms with Crippen molar-refractivity contribution >= 4 is 0 Å². The number of nitrogens with one attached hydrogen (secondary N) is 1. The maximum atomic E-state index is 5.54. The minimum atomic E-state index is 0.402. The van der Waals surface area contributed by atoms with Crippen molar-refractivity contribution in [1.82, 2.24) is 0 Å². The highest BCUT2D eigenvalue weighted by molar-refractivity contribution is 5.77. The Morgan fingerprint density at radius 2 is 1.33 bits per heavy atom. The van der Waals surface area contributed by atoms with E-state index in [1.807, 2.05) is 0 Å². The Balaban J connectivity index is 1.56. The molecule has 5 rings (SSSR count). The van der Waals surface area contributed by atoms with Gasteiger partial charge in [-0.2, -0.15) is 0 Å². The second-order valence-electron chi connectivity index (χ2n) is 7.42. The lowest BCUT2D eigenvalue weighted by molar-refractivity contribution is -0.940. The van der Waals surface area contributed by atoms with Crippen LogP contribution in [0.3, 0.4) is 0 Å². The van der Waals surface area contributed by atoms with Crippen molar-refractivity contribution in [3.8, 4) is 22.6 Å². The summed E-state index contributed by atoms with van der Waals surface area (Å²) in [6, 6.07) is 22.5. The molecule has 0 saturated heterocycles. The fraction of sp³-hybridized carbons (Fsp3) is 0.250. The maximum absolute atomic E-state index is 5.54. The van der Waals surface area contributed by atoms with Gasteiger partial charge in [0.1, 0.15) is 12.6 Å². The molecule has 1 atom stereocenters. The van der Waals surface area contributed by atoms with E-state index in [4.69, 9.17) is 9.47 Å². The molecule has 1 N–H and O–H groups in total. The predicted octanol–water partition coefficient (Wildman–Crippen LogP) is 3.41. The van der Waals surface area contributed by atoms with Crippen LogP contribution in [0.2, 0.25) is 0 Å². The summed E-state index contributed by atoms with van der Waals surface area (Å²) in [6.45, 7) is 2.12. The second-order valence-corrected chi connectivity index (χ2v) is 7.42. The molecule has 1 aliphatic carbocycles. The standard InChI is InChI=1S/C24H23NO2/c1-26-22-13-16-11-12-25(15-17(16)14-23(22)27-2)24-20-9-5-3-7-18(20)19-8-4-6-10-21(19)24/h3-10,13-14,24H,11-12,15H2,1-2H3/p+1. The average molecular weight is 358 g/mol. The first-order valence-electron chi connectivity index (χ1n) is 9.56. The van der Waals surface area contributed by atoms with E-state index < -0.39 is 0 Å². The lowest BCUT2D eigenvalue weighted by Gasteiger charge is -2.32. The van der Waals surface area contributed by atoms with Crippen LogP contribution in [0.5, 0.6) is 11.5 Å². The van der Waals surface area contributed by atoms with Gasteiger partial charge in [-0.25, -0.2) is 0 Å². The molecular formula is C24H24NO2+. The van der Waals surface area contributed by atoms with Gasteiger partial charge in [-0.05, 0) is 28.8 Å². The number of hydrogen-bond acceptors (Lipinski definition) is 2. The van der Waals surface area contributed by atoms with Crippen LogP contribution in [-0.2, 0) is 13.0 Å².